The van der Waals surface area contributed by atoms with Crippen molar-refractivity contribution in [3.8, 4) is 0 Å². The first-order valence-electron chi connectivity index (χ1n) is 5.63. The number of aliphatic hydroxyl groups is 1. The van der Waals surface area contributed by atoms with Gasteiger partial charge >= 0.3 is 5.97 Å². The van der Waals surface area contributed by atoms with Gasteiger partial charge < -0.3 is 14.7 Å². The smallest absolute Gasteiger partial charge is 0.311 e. The minimum absolute atomic E-state index is 0.0727. The van der Waals surface area contributed by atoms with Gasteiger partial charge in [-0.2, -0.15) is 0 Å². The van der Waals surface area contributed by atoms with Gasteiger partial charge in [-0.3, -0.25) is 9.59 Å². The van der Waals surface area contributed by atoms with Crippen LogP contribution in [-0.4, -0.2) is 48.2 Å². The van der Waals surface area contributed by atoms with Crippen LogP contribution in [0, 0.1) is 5.92 Å². The number of likely N-dealkylation sites (tertiary alicyclic amines) is 1. The third kappa shape index (κ3) is 2.20. The highest BCUT2D eigenvalue weighted by atomic mass is 16.5. The molecule has 1 heterocycles. The fraction of sp³-hybridized carbons (Fsp3) is 0.667. The number of hydrogen-bond acceptors (Lipinski definition) is 4. The van der Waals surface area contributed by atoms with Gasteiger partial charge in [0.05, 0.1) is 13.0 Å². The molecular formula is C12H19NO4. The minimum atomic E-state index is -1.48. The van der Waals surface area contributed by atoms with E-state index in [1.54, 1.807) is 14.0 Å². The lowest BCUT2D eigenvalue weighted by Crippen LogP contribution is -2.54. The van der Waals surface area contributed by atoms with Crippen LogP contribution in [0.3, 0.4) is 0 Å². The van der Waals surface area contributed by atoms with E-state index in [0.717, 1.165) is 0 Å². The number of likely N-dealkylation sites (N-methyl/N-ethyl adjacent to an activating group) is 1. The Labute approximate surface area is 101 Å². The van der Waals surface area contributed by atoms with E-state index in [-0.39, 0.29) is 11.5 Å². The van der Waals surface area contributed by atoms with Crippen molar-refractivity contribution >= 4 is 11.9 Å². The van der Waals surface area contributed by atoms with E-state index in [9.17, 15) is 14.7 Å². The molecule has 5 heteroatoms. The summed E-state index contributed by atoms with van der Waals surface area (Å²) in [4.78, 5) is 24.9. The average Bonchev–Trinajstić information content (AvgIpc) is 2.32. The molecule has 1 aliphatic heterocycles. The normalized spacial score (nSPS) is 26.9. The molecule has 1 saturated heterocycles. The molecule has 2 unspecified atom stereocenters. The molecule has 0 bridgehead atoms. The third-order valence-electron chi connectivity index (χ3n) is 3.43. The van der Waals surface area contributed by atoms with E-state index in [1.165, 1.54) is 12.0 Å². The molecule has 0 saturated carbocycles. The minimum Gasteiger partial charge on any atom is -0.469 e. The van der Waals surface area contributed by atoms with Crippen LogP contribution in [0.25, 0.3) is 0 Å². The fourth-order valence-corrected chi connectivity index (χ4v) is 2.23. The first-order chi connectivity index (χ1) is 7.88. The molecule has 1 fully saturated rings. The van der Waals surface area contributed by atoms with E-state index in [0.29, 0.717) is 19.4 Å². The fourth-order valence-electron chi connectivity index (χ4n) is 2.23. The maximum absolute atomic E-state index is 11.8. The molecule has 96 valence electrons. The number of hydrogen-bond donors (Lipinski definition) is 1. The number of nitrogens with zero attached hydrogens (tertiary/aromatic N) is 1. The SMILES string of the molecule is C=C1C(=O)N(C)CCC1(O)C(CC)C(=O)OC. The molecule has 1 N–H and O–H groups in total. The summed E-state index contributed by atoms with van der Waals surface area (Å²) in [6.45, 7) is 5.81. The molecular weight excluding hydrogens is 222 g/mol. The molecule has 0 aromatic rings. The van der Waals surface area contributed by atoms with Gasteiger partial charge in [-0.1, -0.05) is 13.5 Å². The van der Waals surface area contributed by atoms with Crippen molar-refractivity contribution in [2.45, 2.75) is 25.4 Å². The van der Waals surface area contributed by atoms with Gasteiger partial charge in [0.2, 0.25) is 0 Å². The maximum atomic E-state index is 11.8. The number of piperidine rings is 1. The molecule has 0 radical (unpaired) electrons. The van der Waals surface area contributed by atoms with E-state index >= 15 is 0 Å². The summed E-state index contributed by atoms with van der Waals surface area (Å²) in [5, 5.41) is 10.5. The van der Waals surface area contributed by atoms with Crippen molar-refractivity contribution < 1.29 is 19.4 Å². The van der Waals surface area contributed by atoms with Gasteiger partial charge in [0.25, 0.3) is 5.91 Å². The van der Waals surface area contributed by atoms with Crippen LogP contribution < -0.4 is 0 Å². The molecule has 1 amide bonds. The van der Waals surface area contributed by atoms with Crippen LogP contribution >= 0.6 is 0 Å². The number of methoxy groups -OCH3 is 1. The maximum Gasteiger partial charge on any atom is 0.311 e. The van der Waals surface area contributed by atoms with Crippen LogP contribution in [0.4, 0.5) is 0 Å². The number of esters is 1. The summed E-state index contributed by atoms with van der Waals surface area (Å²) in [7, 11) is 2.92. The Bertz CT molecular complexity index is 352. The number of carbonyl (C=O) groups excluding carboxylic acids is 2. The molecule has 17 heavy (non-hydrogen) atoms. The highest BCUT2D eigenvalue weighted by molar-refractivity contribution is 5.96. The van der Waals surface area contributed by atoms with Crippen molar-refractivity contribution in [3.05, 3.63) is 12.2 Å². The van der Waals surface area contributed by atoms with Gasteiger partial charge in [0.1, 0.15) is 5.60 Å². The Morgan fingerprint density at radius 2 is 2.29 bits per heavy atom. The second kappa shape index (κ2) is 4.87. The summed E-state index contributed by atoms with van der Waals surface area (Å²) in [6.07, 6.45) is 0.709. The summed E-state index contributed by atoms with van der Waals surface area (Å²) < 4.78 is 4.67. The first kappa shape index (κ1) is 13.7. The summed E-state index contributed by atoms with van der Waals surface area (Å²) in [5.41, 5.74) is -1.41. The van der Waals surface area contributed by atoms with Crippen LogP contribution in [-0.2, 0) is 14.3 Å². The van der Waals surface area contributed by atoms with E-state index in [1.807, 2.05) is 0 Å². The van der Waals surface area contributed by atoms with Crippen LogP contribution in [0.5, 0.6) is 0 Å². The largest absolute Gasteiger partial charge is 0.469 e. The summed E-state index contributed by atoms with van der Waals surface area (Å²) in [5.74, 6) is -1.56. The number of ether oxygens (including phenoxy) is 1. The van der Waals surface area contributed by atoms with Crippen LogP contribution in [0.15, 0.2) is 12.2 Å². The Kier molecular flexibility index (Phi) is 3.93. The molecule has 5 nitrogen and oxygen atoms in total. The summed E-state index contributed by atoms with van der Waals surface area (Å²) in [6, 6.07) is 0. The van der Waals surface area contributed by atoms with Crippen molar-refractivity contribution in [2.75, 3.05) is 20.7 Å². The molecule has 0 spiro atoms. The lowest BCUT2D eigenvalue weighted by Gasteiger charge is -2.41. The van der Waals surface area contributed by atoms with Crippen LogP contribution in [0.2, 0.25) is 0 Å². The van der Waals surface area contributed by atoms with Gasteiger partial charge in [-0.05, 0) is 12.8 Å². The quantitative estimate of drug-likeness (QED) is 0.571. The topological polar surface area (TPSA) is 66.8 Å². The zero-order chi connectivity index (χ0) is 13.2. The third-order valence-corrected chi connectivity index (χ3v) is 3.43. The lowest BCUT2D eigenvalue weighted by atomic mass is 9.75. The van der Waals surface area contributed by atoms with E-state index in [2.05, 4.69) is 11.3 Å². The van der Waals surface area contributed by atoms with E-state index in [4.69, 9.17) is 0 Å². The van der Waals surface area contributed by atoms with Crippen molar-refractivity contribution in [1.82, 2.24) is 4.90 Å². The molecule has 1 aliphatic rings. The Morgan fingerprint density at radius 3 is 2.76 bits per heavy atom. The predicted molar refractivity (Wildman–Crippen MR) is 62.1 cm³/mol. The second-order valence-corrected chi connectivity index (χ2v) is 4.36. The molecule has 1 rings (SSSR count). The molecule has 0 aromatic carbocycles. The molecule has 2 atom stereocenters. The van der Waals surface area contributed by atoms with Crippen molar-refractivity contribution in [1.29, 1.82) is 0 Å². The van der Waals surface area contributed by atoms with Gasteiger partial charge in [-0.15, -0.1) is 0 Å². The standard InChI is InChI=1S/C12H19NO4/c1-5-9(11(15)17-4)12(16)6-7-13(3)10(14)8(12)2/h9,16H,2,5-7H2,1,3-4H3. The highest BCUT2D eigenvalue weighted by Gasteiger charge is 2.48. The van der Waals surface area contributed by atoms with Gasteiger partial charge in [-0.25, -0.2) is 0 Å². The highest BCUT2D eigenvalue weighted by Crippen LogP contribution is 2.36. The number of carbonyl (C=O) groups is 2. The average molecular weight is 241 g/mol. The van der Waals surface area contributed by atoms with Crippen molar-refractivity contribution in [3.63, 3.8) is 0 Å². The number of rotatable bonds is 3. The number of amides is 1. The monoisotopic (exact) mass is 241 g/mol. The van der Waals surface area contributed by atoms with Crippen LogP contribution in [0.1, 0.15) is 19.8 Å². The van der Waals surface area contributed by atoms with Gasteiger partial charge in [0.15, 0.2) is 0 Å². The molecule has 0 aliphatic carbocycles. The Morgan fingerprint density at radius 1 is 1.71 bits per heavy atom. The summed E-state index contributed by atoms with van der Waals surface area (Å²) >= 11 is 0. The lowest BCUT2D eigenvalue weighted by molar-refractivity contribution is -0.157. The zero-order valence-electron chi connectivity index (χ0n) is 10.5. The molecule has 0 aromatic heterocycles. The van der Waals surface area contributed by atoms with E-state index < -0.39 is 17.5 Å². The Balaban J connectivity index is 3.04. The Hall–Kier alpha value is -1.36. The second-order valence-electron chi connectivity index (χ2n) is 4.36. The van der Waals surface area contributed by atoms with Gasteiger partial charge in [0, 0.05) is 19.2 Å². The first-order valence-corrected chi connectivity index (χ1v) is 5.63. The predicted octanol–water partition coefficient (Wildman–Crippen LogP) is 0.335. The van der Waals surface area contributed by atoms with Crippen molar-refractivity contribution in [2.24, 2.45) is 5.92 Å². The zero-order valence-corrected chi connectivity index (χ0v) is 10.5.